The van der Waals surface area contributed by atoms with E-state index < -0.39 is 97.5 Å². The molecule has 0 aliphatic rings. The van der Waals surface area contributed by atoms with Crippen LogP contribution in [0.3, 0.4) is 0 Å². The number of aliphatic hydroxyl groups is 1. The number of hydrogen-bond donors (Lipinski definition) is 3. The predicted molar refractivity (Wildman–Crippen MR) is 368 cm³/mol. The molecule has 19 heteroatoms. The minimum Gasteiger partial charge on any atom is -0.462 e. The van der Waals surface area contributed by atoms with Gasteiger partial charge in [-0.15, -0.1) is 0 Å². The highest BCUT2D eigenvalue weighted by atomic mass is 31.2. The molecule has 5 atom stereocenters. The Bertz CT molecular complexity index is 1850. The summed E-state index contributed by atoms with van der Waals surface area (Å²) in [7, 11) is -9.91. The van der Waals surface area contributed by atoms with Gasteiger partial charge in [0.15, 0.2) is 12.2 Å². The van der Waals surface area contributed by atoms with Gasteiger partial charge in [0, 0.05) is 25.7 Å². The van der Waals surface area contributed by atoms with Crippen molar-refractivity contribution in [2.75, 3.05) is 39.6 Å². The van der Waals surface area contributed by atoms with Gasteiger partial charge in [0.05, 0.1) is 26.4 Å². The fraction of sp³-hybridized carbons (Fsp3) is 0.889. The van der Waals surface area contributed by atoms with Crippen LogP contribution in [-0.4, -0.2) is 96.7 Å². The van der Waals surface area contributed by atoms with Crippen LogP contribution in [-0.2, 0) is 65.4 Å². The maximum absolute atomic E-state index is 13.0. The van der Waals surface area contributed by atoms with Crippen molar-refractivity contribution in [3.05, 3.63) is 24.3 Å². The highest BCUT2D eigenvalue weighted by Gasteiger charge is 2.30. The third kappa shape index (κ3) is 66.0. The number of carbonyl (C=O) groups is 4. The van der Waals surface area contributed by atoms with E-state index in [1.54, 1.807) is 0 Å². The normalized spacial score (nSPS) is 14.2. The van der Waals surface area contributed by atoms with Gasteiger partial charge in [0.2, 0.25) is 0 Å². The Labute approximate surface area is 554 Å². The maximum Gasteiger partial charge on any atom is 0.472 e. The molecule has 0 radical (unpaired) electrons. The molecule has 0 saturated heterocycles. The molecule has 0 rings (SSSR count). The highest BCUT2D eigenvalue weighted by molar-refractivity contribution is 7.47. The van der Waals surface area contributed by atoms with E-state index in [4.69, 9.17) is 37.0 Å². The first kappa shape index (κ1) is 88.5. The Morgan fingerprint density at radius 2 is 0.593 bits per heavy atom. The van der Waals surface area contributed by atoms with Gasteiger partial charge in [-0.3, -0.25) is 37.3 Å². The molecule has 0 heterocycles. The van der Waals surface area contributed by atoms with E-state index in [2.05, 4.69) is 58.9 Å². The van der Waals surface area contributed by atoms with Crippen LogP contribution in [0.4, 0.5) is 0 Å². The first-order valence-corrected chi connectivity index (χ1v) is 39.9. The van der Waals surface area contributed by atoms with Crippen molar-refractivity contribution in [2.45, 2.75) is 368 Å². The Morgan fingerprint density at radius 3 is 0.901 bits per heavy atom. The third-order valence-corrected chi connectivity index (χ3v) is 18.1. The zero-order valence-electron chi connectivity index (χ0n) is 58.5. The third-order valence-electron chi connectivity index (χ3n) is 16.2. The van der Waals surface area contributed by atoms with Crippen LogP contribution in [0.1, 0.15) is 349 Å². The van der Waals surface area contributed by atoms with Crippen molar-refractivity contribution in [2.24, 2.45) is 5.92 Å². The van der Waals surface area contributed by atoms with Crippen molar-refractivity contribution in [1.82, 2.24) is 0 Å². The first-order valence-electron chi connectivity index (χ1n) is 37.0. The molecule has 0 aromatic carbocycles. The SMILES string of the molecule is CCCCCC/C=C\C=C/CCCCCCCC(=O)O[C@H](COC(=O)CCCCCCCCCCCCCCCCC)COP(=O)(O)OC[C@@H](O)COP(=O)(O)OC[C@@H](COC(=O)CCCCCCCCCC(C)C)OC(=O)CCCCCCCCCCCCC. The van der Waals surface area contributed by atoms with Gasteiger partial charge in [-0.05, 0) is 57.3 Å². The smallest absolute Gasteiger partial charge is 0.462 e. The van der Waals surface area contributed by atoms with Crippen LogP contribution in [0.5, 0.6) is 0 Å². The van der Waals surface area contributed by atoms with Gasteiger partial charge in [-0.1, -0.05) is 296 Å². The molecule has 0 fully saturated rings. The number of rotatable bonds is 70. The van der Waals surface area contributed by atoms with E-state index in [0.29, 0.717) is 31.6 Å². The Kier molecular flexibility index (Phi) is 63.1. The summed E-state index contributed by atoms with van der Waals surface area (Å²) in [6.07, 6.45) is 54.9. The number of phosphoric acid groups is 2. The molecule has 0 aliphatic carbocycles. The van der Waals surface area contributed by atoms with Gasteiger partial charge < -0.3 is 33.8 Å². The average molecular weight is 1340 g/mol. The lowest BCUT2D eigenvalue weighted by molar-refractivity contribution is -0.161. The van der Waals surface area contributed by atoms with Gasteiger partial charge in [-0.25, -0.2) is 9.13 Å². The number of unbranched alkanes of at least 4 members (excludes halogenated alkanes) is 39. The predicted octanol–water partition coefficient (Wildman–Crippen LogP) is 20.5. The second kappa shape index (κ2) is 64.9. The highest BCUT2D eigenvalue weighted by Crippen LogP contribution is 2.45. The minimum atomic E-state index is -4.96. The van der Waals surface area contributed by atoms with E-state index in [1.807, 2.05) is 0 Å². The van der Waals surface area contributed by atoms with Crippen molar-refractivity contribution >= 4 is 39.5 Å². The molecule has 0 aromatic rings. The van der Waals surface area contributed by atoms with E-state index in [1.165, 1.54) is 154 Å². The zero-order chi connectivity index (χ0) is 67.0. The second-order valence-corrected chi connectivity index (χ2v) is 28.7. The van der Waals surface area contributed by atoms with Gasteiger partial charge in [0.1, 0.15) is 19.3 Å². The summed E-state index contributed by atoms with van der Waals surface area (Å²) in [6, 6.07) is 0. The number of carbonyl (C=O) groups excluding carboxylic acids is 4. The van der Waals surface area contributed by atoms with Crippen LogP contribution >= 0.6 is 15.6 Å². The molecule has 0 amide bonds. The molecular formula is C72H136O17P2. The van der Waals surface area contributed by atoms with Crippen molar-refractivity contribution in [1.29, 1.82) is 0 Å². The average Bonchev–Trinajstić information content (AvgIpc) is 2.27. The molecular weight excluding hydrogens is 1200 g/mol. The first-order chi connectivity index (χ1) is 44.0. The number of hydrogen-bond acceptors (Lipinski definition) is 15. The van der Waals surface area contributed by atoms with E-state index >= 15 is 0 Å². The Morgan fingerprint density at radius 1 is 0.341 bits per heavy atom. The van der Waals surface area contributed by atoms with Gasteiger partial charge >= 0.3 is 39.5 Å². The molecule has 0 saturated carbocycles. The molecule has 0 aliphatic heterocycles. The molecule has 3 N–H and O–H groups in total. The lowest BCUT2D eigenvalue weighted by Crippen LogP contribution is -2.30. The summed E-state index contributed by atoms with van der Waals surface area (Å²) in [4.78, 5) is 72.6. The summed E-state index contributed by atoms with van der Waals surface area (Å²) >= 11 is 0. The Hall–Kier alpha value is -2.46. The second-order valence-electron chi connectivity index (χ2n) is 25.8. The van der Waals surface area contributed by atoms with Crippen LogP contribution < -0.4 is 0 Å². The Balaban J connectivity index is 5.28. The van der Waals surface area contributed by atoms with Crippen LogP contribution in [0.15, 0.2) is 24.3 Å². The minimum absolute atomic E-state index is 0.0856. The standard InChI is InChI=1S/C72H136O17P2/c1-6-9-12-15-18-21-24-26-28-30-33-35-40-45-50-55-69(74)82-61-67(88-72(77)58-53-48-42-37-34-31-29-27-25-22-19-16-13-10-7-2)63-86-90(78,79)84-59-66(73)60-85-91(80,81)87-64-68(62-83-70(75)56-51-46-43-38-39-44-49-54-65(4)5)89-71(76)57-52-47-41-36-32-23-20-17-14-11-8-3/h22,25,27,29,65-68,73H,6-21,23-24,26,28,30-64H2,1-5H3,(H,78,79)(H,80,81)/b25-22-,29-27-/t66-,67-,68-/m1/s1. The lowest BCUT2D eigenvalue weighted by Gasteiger charge is -2.21. The van der Waals surface area contributed by atoms with Crippen molar-refractivity contribution in [3.63, 3.8) is 0 Å². The number of allylic oxidation sites excluding steroid dienone is 4. The lowest BCUT2D eigenvalue weighted by atomic mass is 10.0. The van der Waals surface area contributed by atoms with Crippen LogP contribution in [0, 0.1) is 5.92 Å². The summed E-state index contributed by atoms with van der Waals surface area (Å²) < 4.78 is 68.3. The number of ether oxygens (including phenoxy) is 4. The molecule has 2 unspecified atom stereocenters. The molecule has 91 heavy (non-hydrogen) atoms. The molecule has 0 bridgehead atoms. The van der Waals surface area contributed by atoms with Crippen molar-refractivity contribution in [3.8, 4) is 0 Å². The molecule has 0 spiro atoms. The molecule has 0 aromatic heterocycles. The summed E-state index contributed by atoms with van der Waals surface area (Å²) in [5, 5.41) is 10.6. The van der Waals surface area contributed by atoms with Crippen LogP contribution in [0.25, 0.3) is 0 Å². The number of aliphatic hydroxyl groups excluding tert-OH is 1. The topological polar surface area (TPSA) is 237 Å². The number of phosphoric ester groups is 2. The molecule has 17 nitrogen and oxygen atoms in total. The van der Waals surface area contributed by atoms with E-state index in [9.17, 15) is 43.2 Å². The monoisotopic (exact) mass is 1330 g/mol. The maximum atomic E-state index is 13.0. The van der Waals surface area contributed by atoms with Crippen molar-refractivity contribution < 1.29 is 80.2 Å². The fourth-order valence-corrected chi connectivity index (χ4v) is 12.0. The van der Waals surface area contributed by atoms with Gasteiger partial charge in [0.25, 0.3) is 0 Å². The number of esters is 4. The zero-order valence-corrected chi connectivity index (χ0v) is 60.3. The summed E-state index contributed by atoms with van der Waals surface area (Å²) in [6.45, 7) is 7.13. The fourth-order valence-electron chi connectivity index (χ4n) is 10.5. The summed E-state index contributed by atoms with van der Waals surface area (Å²) in [5.74, 6) is -1.45. The van der Waals surface area contributed by atoms with Gasteiger partial charge in [-0.2, -0.15) is 0 Å². The largest absolute Gasteiger partial charge is 0.472 e. The van der Waals surface area contributed by atoms with Crippen LogP contribution in [0.2, 0.25) is 0 Å². The quantitative estimate of drug-likeness (QED) is 0.0169. The van der Waals surface area contributed by atoms with E-state index in [0.717, 1.165) is 109 Å². The molecule has 536 valence electrons. The summed E-state index contributed by atoms with van der Waals surface area (Å²) in [5.41, 5.74) is 0. The van der Waals surface area contributed by atoms with E-state index in [-0.39, 0.29) is 25.7 Å².